The van der Waals surface area contributed by atoms with E-state index in [1.807, 2.05) is 0 Å². The zero-order valence-electron chi connectivity index (χ0n) is 13.2. The van der Waals surface area contributed by atoms with Crippen LogP contribution in [0.15, 0.2) is 12.2 Å². The molecule has 114 valence electrons. The summed E-state index contributed by atoms with van der Waals surface area (Å²) in [6, 6.07) is 0. The summed E-state index contributed by atoms with van der Waals surface area (Å²) in [6.07, 6.45) is 10.5. The summed E-state index contributed by atoms with van der Waals surface area (Å²) in [5.74, 6) is 1.08. The molecule has 1 rings (SSSR count). The van der Waals surface area contributed by atoms with E-state index in [1.165, 1.54) is 32.1 Å². The molecule has 0 aliphatic heterocycles. The van der Waals surface area contributed by atoms with Crippen LogP contribution in [-0.4, -0.2) is 11.6 Å². The van der Waals surface area contributed by atoms with Gasteiger partial charge in [-0.1, -0.05) is 51.2 Å². The number of carbonyl (C=O) groups excluding carboxylic acids is 2. The van der Waals surface area contributed by atoms with Crippen LogP contribution in [0.2, 0.25) is 0 Å². The highest BCUT2D eigenvalue weighted by atomic mass is 16.1. The normalized spacial score (nSPS) is 22.2. The molecule has 2 heteroatoms. The number of hydrogen-bond acceptors (Lipinski definition) is 2. The van der Waals surface area contributed by atoms with Gasteiger partial charge in [-0.05, 0) is 32.1 Å². The van der Waals surface area contributed by atoms with Crippen molar-refractivity contribution in [2.45, 2.75) is 78.1 Å². The molecule has 2 nitrogen and oxygen atoms in total. The SMILES string of the molecule is C=C(CCC(C)=O)[C@H]1C(=O)CC[C@@H]1CCCCCCC. The van der Waals surface area contributed by atoms with Gasteiger partial charge >= 0.3 is 0 Å². The number of ketones is 2. The number of unbranched alkanes of at least 4 members (excludes halogenated alkanes) is 4. The Hall–Kier alpha value is -0.920. The van der Waals surface area contributed by atoms with Crippen LogP contribution in [0.25, 0.3) is 0 Å². The first kappa shape index (κ1) is 17.1. The Labute approximate surface area is 124 Å². The molecule has 0 aromatic carbocycles. The van der Waals surface area contributed by atoms with E-state index >= 15 is 0 Å². The summed E-state index contributed by atoms with van der Waals surface area (Å²) in [7, 11) is 0. The molecule has 2 atom stereocenters. The maximum Gasteiger partial charge on any atom is 0.140 e. The molecule has 0 N–H and O–H groups in total. The predicted molar refractivity (Wildman–Crippen MR) is 83.7 cm³/mol. The van der Waals surface area contributed by atoms with Gasteiger partial charge in [0.2, 0.25) is 0 Å². The van der Waals surface area contributed by atoms with E-state index in [0.29, 0.717) is 31.0 Å². The molecule has 0 amide bonds. The molecular formula is C18H30O2. The van der Waals surface area contributed by atoms with Gasteiger partial charge in [-0.2, -0.15) is 0 Å². The van der Waals surface area contributed by atoms with E-state index in [-0.39, 0.29) is 11.7 Å². The van der Waals surface area contributed by atoms with E-state index in [0.717, 1.165) is 18.4 Å². The standard InChI is InChI=1S/C18H30O2/c1-4-5-6-7-8-9-16-12-13-17(20)18(16)14(2)10-11-15(3)19/h16,18H,2,4-13H2,1,3H3/t16-,18+/m0/s1. The molecule has 1 fully saturated rings. The Morgan fingerprint density at radius 3 is 2.55 bits per heavy atom. The minimum atomic E-state index is 0.0422. The third-order valence-corrected chi connectivity index (χ3v) is 4.50. The van der Waals surface area contributed by atoms with Crippen molar-refractivity contribution < 1.29 is 9.59 Å². The third-order valence-electron chi connectivity index (χ3n) is 4.50. The first-order valence-corrected chi connectivity index (χ1v) is 8.26. The van der Waals surface area contributed by atoms with Crippen molar-refractivity contribution in [3.63, 3.8) is 0 Å². The summed E-state index contributed by atoms with van der Waals surface area (Å²) >= 11 is 0. The van der Waals surface area contributed by atoms with Crippen LogP contribution >= 0.6 is 0 Å². The second kappa shape index (κ2) is 9.10. The zero-order chi connectivity index (χ0) is 15.0. The highest BCUT2D eigenvalue weighted by Gasteiger charge is 2.35. The Kier molecular flexibility index (Phi) is 7.79. The van der Waals surface area contributed by atoms with Gasteiger partial charge in [0.1, 0.15) is 11.6 Å². The average Bonchev–Trinajstić information content (AvgIpc) is 2.77. The van der Waals surface area contributed by atoms with Crippen molar-refractivity contribution in [1.82, 2.24) is 0 Å². The van der Waals surface area contributed by atoms with Gasteiger partial charge in [0, 0.05) is 18.8 Å². The average molecular weight is 278 g/mol. The molecule has 0 heterocycles. The van der Waals surface area contributed by atoms with Crippen LogP contribution in [0.4, 0.5) is 0 Å². The third kappa shape index (κ3) is 5.60. The molecule has 1 aliphatic rings. The highest BCUT2D eigenvalue weighted by Crippen LogP contribution is 2.38. The monoisotopic (exact) mass is 278 g/mol. The molecule has 0 bridgehead atoms. The van der Waals surface area contributed by atoms with Crippen LogP contribution in [0.3, 0.4) is 0 Å². The van der Waals surface area contributed by atoms with E-state index in [2.05, 4.69) is 13.5 Å². The first-order chi connectivity index (χ1) is 9.56. The minimum Gasteiger partial charge on any atom is -0.300 e. The highest BCUT2D eigenvalue weighted by molar-refractivity contribution is 5.86. The van der Waals surface area contributed by atoms with Gasteiger partial charge in [-0.15, -0.1) is 0 Å². The molecule has 0 radical (unpaired) electrons. The number of allylic oxidation sites excluding steroid dienone is 1. The van der Waals surface area contributed by atoms with Crippen molar-refractivity contribution in [3.8, 4) is 0 Å². The lowest BCUT2D eigenvalue weighted by molar-refractivity contribution is -0.120. The maximum atomic E-state index is 12.1. The molecule has 0 spiro atoms. The fraction of sp³-hybridized carbons (Fsp3) is 0.778. The number of rotatable bonds is 10. The number of Topliss-reactive ketones (excluding diaryl/α,β-unsaturated/α-hetero) is 2. The second-order valence-electron chi connectivity index (χ2n) is 6.31. The summed E-state index contributed by atoms with van der Waals surface area (Å²) in [5.41, 5.74) is 1.00. The van der Waals surface area contributed by atoms with Gasteiger partial charge in [-0.3, -0.25) is 4.79 Å². The first-order valence-electron chi connectivity index (χ1n) is 8.26. The van der Waals surface area contributed by atoms with Crippen molar-refractivity contribution in [2.24, 2.45) is 11.8 Å². The quantitative estimate of drug-likeness (QED) is 0.422. The largest absolute Gasteiger partial charge is 0.300 e. The van der Waals surface area contributed by atoms with Crippen molar-refractivity contribution in [2.75, 3.05) is 0 Å². The van der Waals surface area contributed by atoms with Gasteiger partial charge in [0.05, 0.1) is 0 Å². The van der Waals surface area contributed by atoms with Crippen LogP contribution < -0.4 is 0 Å². The Bertz CT molecular complexity index is 343. The van der Waals surface area contributed by atoms with Gasteiger partial charge < -0.3 is 4.79 Å². The lowest BCUT2D eigenvalue weighted by Crippen LogP contribution is -2.17. The molecule has 0 aromatic rings. The van der Waals surface area contributed by atoms with E-state index in [1.54, 1.807) is 6.92 Å². The van der Waals surface area contributed by atoms with Crippen molar-refractivity contribution in [1.29, 1.82) is 0 Å². The molecule has 20 heavy (non-hydrogen) atoms. The molecular weight excluding hydrogens is 248 g/mol. The van der Waals surface area contributed by atoms with Crippen LogP contribution in [0.5, 0.6) is 0 Å². The molecule has 1 aliphatic carbocycles. The molecule has 1 saturated carbocycles. The maximum absolute atomic E-state index is 12.1. The fourth-order valence-corrected chi connectivity index (χ4v) is 3.29. The van der Waals surface area contributed by atoms with E-state index in [4.69, 9.17) is 0 Å². The summed E-state index contributed by atoms with van der Waals surface area (Å²) in [5, 5.41) is 0. The zero-order valence-corrected chi connectivity index (χ0v) is 13.2. The van der Waals surface area contributed by atoms with Crippen LogP contribution in [0, 0.1) is 11.8 Å². The molecule has 0 unspecified atom stereocenters. The lowest BCUT2D eigenvalue weighted by atomic mass is 9.83. The summed E-state index contributed by atoms with van der Waals surface area (Å²) in [6.45, 7) is 7.93. The van der Waals surface area contributed by atoms with Crippen molar-refractivity contribution >= 4 is 11.6 Å². The topological polar surface area (TPSA) is 34.1 Å². The Morgan fingerprint density at radius 2 is 1.90 bits per heavy atom. The Morgan fingerprint density at radius 1 is 1.20 bits per heavy atom. The predicted octanol–water partition coefficient (Wildman–Crippen LogP) is 4.87. The van der Waals surface area contributed by atoms with Crippen LogP contribution in [0.1, 0.15) is 78.1 Å². The lowest BCUT2D eigenvalue weighted by Gasteiger charge is -2.20. The summed E-state index contributed by atoms with van der Waals surface area (Å²) < 4.78 is 0. The number of hydrogen-bond donors (Lipinski definition) is 0. The van der Waals surface area contributed by atoms with Gasteiger partial charge in [-0.25, -0.2) is 0 Å². The molecule has 0 saturated heterocycles. The van der Waals surface area contributed by atoms with Crippen LogP contribution in [-0.2, 0) is 9.59 Å². The van der Waals surface area contributed by atoms with E-state index in [9.17, 15) is 9.59 Å². The fourth-order valence-electron chi connectivity index (χ4n) is 3.29. The Balaban J connectivity index is 2.38. The van der Waals surface area contributed by atoms with Gasteiger partial charge in [0.15, 0.2) is 0 Å². The van der Waals surface area contributed by atoms with E-state index < -0.39 is 0 Å². The van der Waals surface area contributed by atoms with Gasteiger partial charge in [0.25, 0.3) is 0 Å². The minimum absolute atomic E-state index is 0.0422. The van der Waals surface area contributed by atoms with Crippen molar-refractivity contribution in [3.05, 3.63) is 12.2 Å². The smallest absolute Gasteiger partial charge is 0.140 e. The second-order valence-corrected chi connectivity index (χ2v) is 6.31. The summed E-state index contributed by atoms with van der Waals surface area (Å²) in [4.78, 5) is 23.1. The number of carbonyl (C=O) groups is 2. The molecule has 0 aromatic heterocycles.